The second kappa shape index (κ2) is 6.44. The van der Waals surface area contributed by atoms with E-state index < -0.39 is 0 Å². The van der Waals surface area contributed by atoms with E-state index >= 15 is 0 Å². The fourth-order valence-corrected chi connectivity index (χ4v) is 4.43. The van der Waals surface area contributed by atoms with E-state index in [1.165, 1.54) is 17.8 Å². The van der Waals surface area contributed by atoms with Gasteiger partial charge >= 0.3 is 0 Å². The zero-order valence-corrected chi connectivity index (χ0v) is 15.0. The van der Waals surface area contributed by atoms with Gasteiger partial charge in [-0.15, -0.1) is 11.3 Å². The number of likely N-dealkylation sites (tertiary alicyclic amines) is 1. The second-order valence-electron chi connectivity index (χ2n) is 6.38. The molecule has 0 unspecified atom stereocenters. The van der Waals surface area contributed by atoms with Crippen LogP contribution >= 0.6 is 11.3 Å². The number of rotatable bonds is 2. The van der Waals surface area contributed by atoms with Crippen molar-refractivity contribution in [3.8, 4) is 11.4 Å². The summed E-state index contributed by atoms with van der Waals surface area (Å²) >= 11 is 1.38. The lowest BCUT2D eigenvalue weighted by atomic mass is 10.1. The van der Waals surface area contributed by atoms with E-state index in [0.717, 1.165) is 47.4 Å². The van der Waals surface area contributed by atoms with Crippen LogP contribution in [0.2, 0.25) is 0 Å². The van der Waals surface area contributed by atoms with Gasteiger partial charge in [-0.25, -0.2) is 9.97 Å². The predicted octanol–water partition coefficient (Wildman–Crippen LogP) is 3.88. The molecule has 1 aliphatic heterocycles. The molecule has 1 saturated heterocycles. The van der Waals surface area contributed by atoms with E-state index in [1.54, 1.807) is 0 Å². The summed E-state index contributed by atoms with van der Waals surface area (Å²) < 4.78 is 0. The molecule has 0 bridgehead atoms. The van der Waals surface area contributed by atoms with E-state index in [4.69, 9.17) is 5.73 Å². The van der Waals surface area contributed by atoms with E-state index in [0.29, 0.717) is 16.4 Å². The normalized spacial score (nSPS) is 14.8. The molecule has 0 spiro atoms. The Labute approximate surface area is 150 Å². The number of hydrogen-bond donors (Lipinski definition) is 1. The molecule has 4 rings (SSSR count). The van der Waals surface area contributed by atoms with Crippen LogP contribution in [0.15, 0.2) is 30.3 Å². The highest BCUT2D eigenvalue weighted by atomic mass is 32.1. The minimum absolute atomic E-state index is 0.0286. The van der Waals surface area contributed by atoms with Crippen LogP contribution in [-0.4, -0.2) is 33.9 Å². The first-order valence-electron chi connectivity index (χ1n) is 8.56. The molecule has 1 amide bonds. The van der Waals surface area contributed by atoms with Crippen LogP contribution in [0.4, 0.5) is 5.69 Å². The summed E-state index contributed by atoms with van der Waals surface area (Å²) in [5.74, 6) is 0.699. The molecule has 0 aliphatic carbocycles. The molecule has 2 aromatic heterocycles. The van der Waals surface area contributed by atoms with Crippen molar-refractivity contribution in [1.29, 1.82) is 0 Å². The molecule has 25 heavy (non-hydrogen) atoms. The van der Waals surface area contributed by atoms with Crippen molar-refractivity contribution < 1.29 is 4.79 Å². The molecule has 1 aromatic carbocycles. The van der Waals surface area contributed by atoms with Crippen LogP contribution in [0, 0.1) is 6.92 Å². The van der Waals surface area contributed by atoms with Gasteiger partial charge in [-0.1, -0.05) is 30.3 Å². The van der Waals surface area contributed by atoms with Crippen LogP contribution in [-0.2, 0) is 0 Å². The third-order valence-electron chi connectivity index (χ3n) is 4.64. The fourth-order valence-electron chi connectivity index (χ4n) is 3.31. The van der Waals surface area contributed by atoms with Crippen molar-refractivity contribution in [3.05, 3.63) is 40.9 Å². The molecule has 0 atom stereocenters. The smallest absolute Gasteiger partial charge is 0.266 e. The highest BCUT2D eigenvalue weighted by molar-refractivity contribution is 7.21. The van der Waals surface area contributed by atoms with Gasteiger partial charge in [0.05, 0.1) is 16.8 Å². The molecule has 0 saturated carbocycles. The van der Waals surface area contributed by atoms with E-state index in [-0.39, 0.29) is 5.91 Å². The molecule has 3 aromatic rings. The number of nitrogens with two attached hydrogens (primary N) is 1. The van der Waals surface area contributed by atoms with Crippen LogP contribution in [0.3, 0.4) is 0 Å². The van der Waals surface area contributed by atoms with Gasteiger partial charge in [0.1, 0.15) is 9.71 Å². The number of aryl methyl sites for hydroxylation is 1. The standard InChI is InChI=1S/C19H20N4OS/c1-12-14-15(20)16(19(24)23-10-6-3-7-11-23)25-18(14)22-17(21-12)13-8-4-2-5-9-13/h2,4-5,8-9H,3,6-7,10-11,20H2,1H3. The van der Waals surface area contributed by atoms with Gasteiger partial charge in [0.2, 0.25) is 0 Å². The van der Waals surface area contributed by atoms with Crippen molar-refractivity contribution in [2.24, 2.45) is 0 Å². The third kappa shape index (κ3) is 2.87. The monoisotopic (exact) mass is 352 g/mol. The first kappa shape index (κ1) is 16.0. The number of aromatic nitrogens is 2. The summed E-state index contributed by atoms with van der Waals surface area (Å²) in [5, 5.41) is 0.810. The number of hydrogen-bond acceptors (Lipinski definition) is 5. The highest BCUT2D eigenvalue weighted by Gasteiger charge is 2.25. The number of carbonyl (C=O) groups excluding carboxylic acids is 1. The van der Waals surface area contributed by atoms with Crippen LogP contribution in [0.25, 0.3) is 21.6 Å². The quantitative estimate of drug-likeness (QED) is 0.760. The van der Waals surface area contributed by atoms with Gasteiger partial charge in [0.25, 0.3) is 5.91 Å². The first-order valence-corrected chi connectivity index (χ1v) is 9.38. The van der Waals surface area contributed by atoms with Gasteiger partial charge in [-0.05, 0) is 26.2 Å². The number of fused-ring (bicyclic) bond motifs is 1. The third-order valence-corrected chi connectivity index (χ3v) is 5.73. The Morgan fingerprint density at radius 2 is 1.84 bits per heavy atom. The zero-order chi connectivity index (χ0) is 17.4. The van der Waals surface area contributed by atoms with Crippen molar-refractivity contribution >= 4 is 33.1 Å². The Morgan fingerprint density at radius 3 is 2.56 bits per heavy atom. The molecule has 6 heteroatoms. The van der Waals surface area contributed by atoms with E-state index in [2.05, 4.69) is 9.97 Å². The van der Waals surface area contributed by atoms with Gasteiger partial charge in [0.15, 0.2) is 5.82 Å². The largest absolute Gasteiger partial charge is 0.397 e. The number of nitrogens with zero attached hydrogens (tertiary/aromatic N) is 3. The van der Waals surface area contributed by atoms with Crippen LogP contribution in [0.5, 0.6) is 0 Å². The number of anilines is 1. The van der Waals surface area contributed by atoms with E-state index in [1.807, 2.05) is 42.2 Å². The summed E-state index contributed by atoms with van der Waals surface area (Å²) in [6.07, 6.45) is 3.32. The molecule has 5 nitrogen and oxygen atoms in total. The Kier molecular flexibility index (Phi) is 4.13. The van der Waals surface area contributed by atoms with Crippen molar-refractivity contribution in [2.75, 3.05) is 18.8 Å². The van der Waals surface area contributed by atoms with Crippen molar-refractivity contribution in [2.45, 2.75) is 26.2 Å². The van der Waals surface area contributed by atoms with Crippen molar-refractivity contribution in [1.82, 2.24) is 14.9 Å². The molecule has 3 heterocycles. The maximum Gasteiger partial charge on any atom is 0.266 e. The lowest BCUT2D eigenvalue weighted by Gasteiger charge is -2.26. The van der Waals surface area contributed by atoms with Gasteiger partial charge < -0.3 is 10.6 Å². The lowest BCUT2D eigenvalue weighted by Crippen LogP contribution is -2.35. The number of amides is 1. The highest BCUT2D eigenvalue weighted by Crippen LogP contribution is 2.36. The fraction of sp³-hybridized carbons (Fsp3) is 0.316. The van der Waals surface area contributed by atoms with Crippen LogP contribution < -0.4 is 5.73 Å². The maximum absolute atomic E-state index is 12.9. The second-order valence-corrected chi connectivity index (χ2v) is 7.38. The van der Waals surface area contributed by atoms with E-state index in [9.17, 15) is 4.79 Å². The molecule has 1 fully saturated rings. The minimum Gasteiger partial charge on any atom is -0.397 e. The number of piperidine rings is 1. The summed E-state index contributed by atoms with van der Waals surface area (Å²) in [6.45, 7) is 3.55. The maximum atomic E-state index is 12.9. The Morgan fingerprint density at radius 1 is 1.12 bits per heavy atom. The van der Waals surface area contributed by atoms with Crippen molar-refractivity contribution in [3.63, 3.8) is 0 Å². The zero-order valence-electron chi connectivity index (χ0n) is 14.2. The van der Waals surface area contributed by atoms with Crippen LogP contribution in [0.1, 0.15) is 34.6 Å². The molecule has 128 valence electrons. The van der Waals surface area contributed by atoms with Gasteiger partial charge in [-0.3, -0.25) is 4.79 Å². The number of thiophene rings is 1. The van der Waals surface area contributed by atoms with Gasteiger partial charge in [0, 0.05) is 18.7 Å². The Balaban J connectivity index is 1.79. The average molecular weight is 352 g/mol. The summed E-state index contributed by atoms with van der Waals surface area (Å²) in [6, 6.07) is 9.86. The Hall–Kier alpha value is -2.47. The Bertz CT molecular complexity index is 929. The number of benzene rings is 1. The average Bonchev–Trinajstić information content (AvgIpc) is 2.99. The van der Waals surface area contributed by atoms with Gasteiger partial charge in [-0.2, -0.15) is 0 Å². The molecular weight excluding hydrogens is 332 g/mol. The molecular formula is C19H20N4OS. The molecule has 1 aliphatic rings. The summed E-state index contributed by atoms with van der Waals surface area (Å²) in [7, 11) is 0. The first-order chi connectivity index (χ1) is 12.1. The molecule has 0 radical (unpaired) electrons. The SMILES string of the molecule is Cc1nc(-c2ccccc2)nc2sc(C(=O)N3CCCCC3)c(N)c12. The summed E-state index contributed by atoms with van der Waals surface area (Å²) in [4.78, 5) is 25.4. The molecule has 2 N–H and O–H groups in total. The predicted molar refractivity (Wildman–Crippen MR) is 102 cm³/mol. The number of carbonyl (C=O) groups is 1. The summed E-state index contributed by atoms with van der Waals surface area (Å²) in [5.41, 5.74) is 8.62. The minimum atomic E-state index is 0.0286. The number of nitrogen functional groups attached to an aromatic ring is 1. The topological polar surface area (TPSA) is 72.1 Å². The lowest BCUT2D eigenvalue weighted by molar-refractivity contribution is 0.0730.